The maximum absolute atomic E-state index is 13.6. The molecule has 0 spiro atoms. The number of hydrogen-bond donors (Lipinski definition) is 2. The van der Waals surface area contributed by atoms with Crippen molar-refractivity contribution in [1.82, 2.24) is 10.2 Å². The molecule has 0 aliphatic carbocycles. The minimum absolute atomic E-state index is 0.0676. The highest BCUT2D eigenvalue weighted by molar-refractivity contribution is 6.03. The van der Waals surface area contributed by atoms with Crippen molar-refractivity contribution in [3.05, 3.63) is 95.1 Å². The van der Waals surface area contributed by atoms with E-state index in [1.807, 2.05) is 55.5 Å². The van der Waals surface area contributed by atoms with E-state index in [4.69, 9.17) is 4.74 Å². The van der Waals surface area contributed by atoms with Gasteiger partial charge >= 0.3 is 0 Å². The summed E-state index contributed by atoms with van der Waals surface area (Å²) in [5, 5.41) is 6.21. The smallest absolute Gasteiger partial charge is 0.253 e. The molecular formula is C32H38N4O3. The molecule has 5 rings (SSSR count). The molecule has 2 aliphatic rings. The van der Waals surface area contributed by atoms with Crippen LogP contribution < -0.4 is 15.5 Å². The summed E-state index contributed by atoms with van der Waals surface area (Å²) in [6, 6.07) is 24.0. The number of nitrogens with one attached hydrogen (secondary N) is 2. The number of carbonyl (C=O) groups is 2. The number of nitrogens with zero attached hydrogens (tertiary/aromatic N) is 2. The number of ether oxygens (including phenoxy) is 1. The topological polar surface area (TPSA) is 73.9 Å². The quantitative estimate of drug-likeness (QED) is 0.431. The molecule has 2 N–H and O–H groups in total. The average Bonchev–Trinajstić information content (AvgIpc) is 2.98. The van der Waals surface area contributed by atoms with E-state index >= 15 is 0 Å². The lowest BCUT2D eigenvalue weighted by molar-refractivity contribution is -0.117. The van der Waals surface area contributed by atoms with E-state index in [2.05, 4.69) is 44.7 Å². The second-order valence-corrected chi connectivity index (χ2v) is 10.2. The lowest BCUT2D eigenvalue weighted by atomic mass is 9.95. The minimum Gasteiger partial charge on any atom is -0.379 e. The lowest BCUT2D eigenvalue weighted by Crippen LogP contribution is -2.41. The molecule has 1 saturated heterocycles. The molecule has 0 radical (unpaired) electrons. The van der Waals surface area contributed by atoms with Crippen molar-refractivity contribution in [2.75, 3.05) is 56.2 Å². The van der Waals surface area contributed by atoms with Crippen LogP contribution >= 0.6 is 0 Å². The molecule has 204 valence electrons. The van der Waals surface area contributed by atoms with E-state index in [1.165, 1.54) is 11.1 Å². The van der Waals surface area contributed by atoms with Gasteiger partial charge in [-0.3, -0.25) is 14.5 Å². The minimum atomic E-state index is -0.254. The van der Waals surface area contributed by atoms with Gasteiger partial charge in [0.05, 0.1) is 24.7 Å². The van der Waals surface area contributed by atoms with Crippen molar-refractivity contribution in [2.24, 2.45) is 0 Å². The van der Waals surface area contributed by atoms with Gasteiger partial charge in [0, 0.05) is 50.6 Å². The Labute approximate surface area is 231 Å². The molecule has 0 aromatic heterocycles. The van der Waals surface area contributed by atoms with E-state index in [0.717, 1.165) is 63.6 Å². The van der Waals surface area contributed by atoms with Crippen LogP contribution in [0.5, 0.6) is 0 Å². The zero-order valence-corrected chi connectivity index (χ0v) is 22.7. The first-order chi connectivity index (χ1) is 19.1. The van der Waals surface area contributed by atoms with Crippen LogP contribution in [0.15, 0.2) is 72.8 Å². The molecule has 7 nitrogen and oxygen atoms in total. The standard InChI is InChI=1S/C32H38N4O3/c1-2-28(25-9-4-3-5-10-25)32(38)34-27-12-13-30(36-16-14-24-8-6-7-11-26(24)23-36)29(22-27)31(37)33-15-17-35-18-20-39-21-19-35/h3-13,22,28H,2,14-21,23H2,1H3,(H,33,37)(H,34,38). The third kappa shape index (κ3) is 6.67. The van der Waals surface area contributed by atoms with Gasteiger partial charge in [-0.15, -0.1) is 0 Å². The third-order valence-corrected chi connectivity index (χ3v) is 7.72. The van der Waals surface area contributed by atoms with Crippen LogP contribution in [0, 0.1) is 0 Å². The highest BCUT2D eigenvalue weighted by Crippen LogP contribution is 2.30. The second kappa shape index (κ2) is 12.9. The van der Waals surface area contributed by atoms with Crippen molar-refractivity contribution in [1.29, 1.82) is 0 Å². The van der Waals surface area contributed by atoms with Gasteiger partial charge in [-0.1, -0.05) is 61.5 Å². The fourth-order valence-corrected chi connectivity index (χ4v) is 5.51. The Morgan fingerprint density at radius 2 is 1.67 bits per heavy atom. The Morgan fingerprint density at radius 3 is 2.44 bits per heavy atom. The number of fused-ring (bicyclic) bond motifs is 1. The average molecular weight is 527 g/mol. The maximum atomic E-state index is 13.6. The van der Waals surface area contributed by atoms with E-state index < -0.39 is 0 Å². The monoisotopic (exact) mass is 526 g/mol. The molecule has 2 aliphatic heterocycles. The molecule has 0 saturated carbocycles. The summed E-state index contributed by atoms with van der Waals surface area (Å²) in [4.78, 5) is 31.4. The fourth-order valence-electron chi connectivity index (χ4n) is 5.51. The molecule has 2 heterocycles. The molecule has 7 heteroatoms. The van der Waals surface area contributed by atoms with E-state index in [-0.39, 0.29) is 17.7 Å². The Morgan fingerprint density at radius 1 is 0.923 bits per heavy atom. The van der Waals surface area contributed by atoms with Gasteiger partial charge in [-0.2, -0.15) is 0 Å². The molecule has 3 aromatic rings. The normalized spacial score (nSPS) is 16.3. The molecule has 3 aromatic carbocycles. The number of amides is 2. The summed E-state index contributed by atoms with van der Waals surface area (Å²) in [6.45, 7) is 8.19. The van der Waals surface area contributed by atoms with Gasteiger partial charge in [0.1, 0.15) is 0 Å². The maximum Gasteiger partial charge on any atom is 0.253 e. The van der Waals surface area contributed by atoms with E-state index in [0.29, 0.717) is 24.2 Å². The third-order valence-electron chi connectivity index (χ3n) is 7.72. The summed E-state index contributed by atoms with van der Waals surface area (Å²) in [5.74, 6) is -0.444. The molecule has 1 fully saturated rings. The Bertz CT molecular complexity index is 1270. The van der Waals surface area contributed by atoms with Crippen molar-refractivity contribution >= 4 is 23.2 Å². The lowest BCUT2D eigenvalue weighted by Gasteiger charge is -2.32. The number of benzene rings is 3. The first-order valence-electron chi connectivity index (χ1n) is 14.0. The zero-order chi connectivity index (χ0) is 27.0. The van der Waals surface area contributed by atoms with Crippen LogP contribution in [0.4, 0.5) is 11.4 Å². The van der Waals surface area contributed by atoms with E-state index in [1.54, 1.807) is 0 Å². The van der Waals surface area contributed by atoms with Crippen molar-refractivity contribution in [3.8, 4) is 0 Å². The molecule has 2 amide bonds. The SMILES string of the molecule is CCC(C(=O)Nc1ccc(N2CCc3ccccc3C2)c(C(=O)NCCN2CCOCC2)c1)c1ccccc1. The molecule has 39 heavy (non-hydrogen) atoms. The van der Waals surface area contributed by atoms with Gasteiger partial charge < -0.3 is 20.3 Å². The van der Waals surface area contributed by atoms with Crippen LogP contribution in [0.2, 0.25) is 0 Å². The number of anilines is 2. The summed E-state index contributed by atoms with van der Waals surface area (Å²) < 4.78 is 5.43. The van der Waals surface area contributed by atoms with Crippen LogP contribution in [-0.2, 0) is 22.5 Å². The molecule has 0 bridgehead atoms. The number of hydrogen-bond acceptors (Lipinski definition) is 5. The largest absolute Gasteiger partial charge is 0.379 e. The number of rotatable bonds is 9. The van der Waals surface area contributed by atoms with Gasteiger partial charge in [-0.05, 0) is 47.7 Å². The fraction of sp³-hybridized carbons (Fsp3) is 0.375. The Kier molecular flexibility index (Phi) is 8.91. The van der Waals surface area contributed by atoms with E-state index in [9.17, 15) is 9.59 Å². The Balaban J connectivity index is 1.35. The number of carbonyl (C=O) groups excluding carboxylic acids is 2. The summed E-state index contributed by atoms with van der Waals surface area (Å²) in [5.41, 5.74) is 5.74. The second-order valence-electron chi connectivity index (χ2n) is 10.2. The predicted octanol–water partition coefficient (Wildman–Crippen LogP) is 4.44. The summed E-state index contributed by atoms with van der Waals surface area (Å²) in [6.07, 6.45) is 1.62. The van der Waals surface area contributed by atoms with Gasteiger partial charge in [0.15, 0.2) is 0 Å². The van der Waals surface area contributed by atoms with Crippen molar-refractivity contribution < 1.29 is 14.3 Å². The predicted molar refractivity (Wildman–Crippen MR) is 155 cm³/mol. The van der Waals surface area contributed by atoms with Crippen LogP contribution in [0.3, 0.4) is 0 Å². The van der Waals surface area contributed by atoms with Gasteiger partial charge in [0.25, 0.3) is 5.91 Å². The van der Waals surface area contributed by atoms with Crippen LogP contribution in [-0.4, -0.2) is 62.7 Å². The molecule has 1 unspecified atom stereocenters. The van der Waals surface area contributed by atoms with Gasteiger partial charge in [0.2, 0.25) is 5.91 Å². The molecule has 1 atom stereocenters. The van der Waals surface area contributed by atoms with Gasteiger partial charge in [-0.25, -0.2) is 0 Å². The summed E-state index contributed by atoms with van der Waals surface area (Å²) >= 11 is 0. The number of morpholine rings is 1. The zero-order valence-electron chi connectivity index (χ0n) is 22.7. The first kappa shape index (κ1) is 26.9. The van der Waals surface area contributed by atoms with Crippen LogP contribution in [0.1, 0.15) is 46.3 Å². The highest BCUT2D eigenvalue weighted by Gasteiger charge is 2.24. The Hall–Kier alpha value is -3.68. The highest BCUT2D eigenvalue weighted by atomic mass is 16.5. The first-order valence-corrected chi connectivity index (χ1v) is 14.0. The van der Waals surface area contributed by atoms with Crippen molar-refractivity contribution in [2.45, 2.75) is 32.2 Å². The summed E-state index contributed by atoms with van der Waals surface area (Å²) in [7, 11) is 0. The van der Waals surface area contributed by atoms with Crippen molar-refractivity contribution in [3.63, 3.8) is 0 Å². The molecular weight excluding hydrogens is 488 g/mol. The van der Waals surface area contributed by atoms with Crippen LogP contribution in [0.25, 0.3) is 0 Å².